The van der Waals surface area contributed by atoms with Gasteiger partial charge in [-0.3, -0.25) is 9.59 Å². The number of aliphatic carboxylic acids is 2. The fraction of sp³-hybridized carbons (Fsp3) is 0.263. The molecule has 2 aromatic rings. The molecule has 0 aliphatic rings. The molecule has 0 heterocycles. The summed E-state index contributed by atoms with van der Waals surface area (Å²) in [6, 6.07) is 10.6. The summed E-state index contributed by atoms with van der Waals surface area (Å²) in [6.07, 6.45) is -0.573. The first-order chi connectivity index (χ1) is 11.8. The third-order valence-corrected chi connectivity index (χ3v) is 3.83. The molecular formula is C19H19FO5. The number of aryl methyl sites for hydroxylation is 2. The number of aliphatic hydroxyl groups is 1. The zero-order chi connectivity index (χ0) is 18.4. The van der Waals surface area contributed by atoms with Crippen molar-refractivity contribution in [2.45, 2.75) is 31.8 Å². The van der Waals surface area contributed by atoms with Crippen molar-refractivity contribution in [2.24, 2.45) is 0 Å². The molecule has 0 aliphatic heterocycles. The molecule has 0 radical (unpaired) electrons. The maximum Gasteiger partial charge on any atom is 0.303 e. The first-order valence-electron chi connectivity index (χ1n) is 7.85. The summed E-state index contributed by atoms with van der Waals surface area (Å²) in [5.74, 6) is -2.28. The van der Waals surface area contributed by atoms with Gasteiger partial charge < -0.3 is 15.3 Å². The highest BCUT2D eigenvalue weighted by Crippen LogP contribution is 2.25. The summed E-state index contributed by atoms with van der Waals surface area (Å²) < 4.78 is 13.0. The lowest BCUT2D eigenvalue weighted by molar-refractivity contribution is -0.137. The second-order valence-electron chi connectivity index (χ2n) is 5.82. The number of hydrogen-bond donors (Lipinski definition) is 3. The summed E-state index contributed by atoms with van der Waals surface area (Å²) in [6.45, 7) is 0. The van der Waals surface area contributed by atoms with Gasteiger partial charge in [0.1, 0.15) is 11.9 Å². The number of carbonyl (C=O) groups is 2. The highest BCUT2D eigenvalue weighted by Gasteiger charge is 2.14. The van der Waals surface area contributed by atoms with Crippen LogP contribution in [0.2, 0.25) is 0 Å². The molecule has 0 spiro atoms. The maximum atomic E-state index is 13.0. The van der Waals surface area contributed by atoms with Gasteiger partial charge in [-0.25, -0.2) is 4.39 Å². The smallest absolute Gasteiger partial charge is 0.303 e. The van der Waals surface area contributed by atoms with Gasteiger partial charge in [0.25, 0.3) is 0 Å². The second-order valence-corrected chi connectivity index (χ2v) is 5.82. The summed E-state index contributed by atoms with van der Waals surface area (Å²) >= 11 is 0. The number of hydrogen-bond acceptors (Lipinski definition) is 3. The highest BCUT2D eigenvalue weighted by molar-refractivity contribution is 5.67. The molecule has 132 valence electrons. The van der Waals surface area contributed by atoms with E-state index < -0.39 is 23.9 Å². The van der Waals surface area contributed by atoms with Gasteiger partial charge in [0, 0.05) is 12.8 Å². The van der Waals surface area contributed by atoms with Crippen molar-refractivity contribution < 1.29 is 29.3 Å². The summed E-state index contributed by atoms with van der Waals surface area (Å²) in [5, 5.41) is 28.2. The highest BCUT2D eigenvalue weighted by atomic mass is 19.1. The number of carboxylic acid groups (broad SMARTS) is 2. The minimum atomic E-state index is -1.01. The Bertz CT molecular complexity index is 719. The molecule has 3 N–H and O–H groups in total. The van der Waals surface area contributed by atoms with E-state index in [1.807, 2.05) is 0 Å². The minimum absolute atomic E-state index is 0.0610. The molecule has 25 heavy (non-hydrogen) atoms. The van der Waals surface area contributed by atoms with E-state index in [1.54, 1.807) is 18.2 Å². The Hall–Kier alpha value is -2.73. The molecule has 2 rings (SSSR count). The Morgan fingerprint density at radius 1 is 0.840 bits per heavy atom. The van der Waals surface area contributed by atoms with Crippen LogP contribution in [0.1, 0.15) is 41.2 Å². The minimum Gasteiger partial charge on any atom is -0.481 e. The van der Waals surface area contributed by atoms with Crippen LogP contribution in [0.4, 0.5) is 4.39 Å². The Morgan fingerprint density at radius 2 is 1.32 bits per heavy atom. The van der Waals surface area contributed by atoms with Gasteiger partial charge in [-0.15, -0.1) is 0 Å². The van der Waals surface area contributed by atoms with Gasteiger partial charge in [0.2, 0.25) is 0 Å². The Morgan fingerprint density at radius 3 is 1.76 bits per heavy atom. The average Bonchev–Trinajstić information content (AvgIpc) is 2.58. The lowest BCUT2D eigenvalue weighted by atomic mass is 9.94. The zero-order valence-electron chi connectivity index (χ0n) is 13.5. The van der Waals surface area contributed by atoms with Crippen LogP contribution in [-0.2, 0) is 22.4 Å². The molecule has 1 atom stereocenters. The van der Waals surface area contributed by atoms with Crippen molar-refractivity contribution in [1.29, 1.82) is 0 Å². The van der Waals surface area contributed by atoms with E-state index >= 15 is 0 Å². The van der Waals surface area contributed by atoms with Crippen LogP contribution in [0.3, 0.4) is 0 Å². The maximum absolute atomic E-state index is 13.0. The van der Waals surface area contributed by atoms with Crippen molar-refractivity contribution in [1.82, 2.24) is 0 Å². The number of carboxylic acids is 2. The molecule has 0 fully saturated rings. The van der Waals surface area contributed by atoms with E-state index in [9.17, 15) is 19.1 Å². The largest absolute Gasteiger partial charge is 0.481 e. The van der Waals surface area contributed by atoms with Crippen molar-refractivity contribution >= 4 is 11.9 Å². The van der Waals surface area contributed by atoms with Crippen LogP contribution >= 0.6 is 0 Å². The monoisotopic (exact) mass is 346 g/mol. The topological polar surface area (TPSA) is 94.8 Å². The molecule has 6 heteroatoms. The molecule has 0 saturated carbocycles. The van der Waals surface area contributed by atoms with E-state index in [0.717, 1.165) is 0 Å². The molecule has 5 nitrogen and oxygen atoms in total. The SMILES string of the molecule is O=C(O)CCc1cc(CCC(=O)O)cc(C(O)c2ccc(F)cc2)c1. The van der Waals surface area contributed by atoms with Gasteiger partial charge in [-0.05, 0) is 47.2 Å². The van der Waals surface area contributed by atoms with Crippen molar-refractivity contribution in [3.05, 3.63) is 70.5 Å². The number of aliphatic hydroxyl groups excluding tert-OH is 1. The normalized spacial score (nSPS) is 11.9. The zero-order valence-corrected chi connectivity index (χ0v) is 13.5. The average molecular weight is 346 g/mol. The first kappa shape index (κ1) is 18.6. The molecule has 2 aromatic carbocycles. The summed E-state index contributed by atoms with van der Waals surface area (Å²) in [7, 11) is 0. The van der Waals surface area contributed by atoms with Crippen molar-refractivity contribution in [3.8, 4) is 0 Å². The quantitative estimate of drug-likeness (QED) is 0.683. The fourth-order valence-corrected chi connectivity index (χ4v) is 2.58. The Balaban J connectivity index is 2.31. The Kier molecular flexibility index (Phi) is 6.25. The standard InChI is InChI=1S/C19H19FO5/c20-16-5-3-14(4-6-16)19(25)15-10-12(1-7-17(21)22)9-13(11-15)2-8-18(23)24/h3-6,9-11,19,25H,1-2,7-8H2,(H,21,22)(H,23,24). The third-order valence-electron chi connectivity index (χ3n) is 3.83. The molecule has 0 saturated heterocycles. The van der Waals surface area contributed by atoms with E-state index in [-0.39, 0.29) is 25.7 Å². The van der Waals surface area contributed by atoms with E-state index in [1.165, 1.54) is 24.3 Å². The summed E-state index contributed by atoms with van der Waals surface area (Å²) in [5.41, 5.74) is 2.44. The molecule has 0 aromatic heterocycles. The lowest BCUT2D eigenvalue weighted by Crippen LogP contribution is -2.05. The van der Waals surface area contributed by atoms with Gasteiger partial charge in [-0.2, -0.15) is 0 Å². The molecule has 0 bridgehead atoms. The number of halogens is 1. The number of rotatable bonds is 8. The molecule has 0 aliphatic carbocycles. The lowest BCUT2D eigenvalue weighted by Gasteiger charge is -2.15. The molecule has 1 unspecified atom stereocenters. The van der Waals surface area contributed by atoms with E-state index in [2.05, 4.69) is 0 Å². The predicted octanol–water partition coefficient (Wildman–Crippen LogP) is 2.94. The number of benzene rings is 2. The predicted molar refractivity (Wildman–Crippen MR) is 88.8 cm³/mol. The van der Waals surface area contributed by atoms with Gasteiger partial charge in [0.05, 0.1) is 0 Å². The fourth-order valence-electron chi connectivity index (χ4n) is 2.58. The second kappa shape index (κ2) is 8.39. The third kappa shape index (κ3) is 5.69. The summed E-state index contributed by atoms with van der Waals surface area (Å²) in [4.78, 5) is 21.6. The van der Waals surface area contributed by atoms with Crippen LogP contribution in [0.25, 0.3) is 0 Å². The van der Waals surface area contributed by atoms with Gasteiger partial charge in [0.15, 0.2) is 0 Å². The molecular weight excluding hydrogens is 327 g/mol. The van der Waals surface area contributed by atoms with Crippen molar-refractivity contribution in [2.75, 3.05) is 0 Å². The van der Waals surface area contributed by atoms with Crippen LogP contribution in [0, 0.1) is 5.82 Å². The van der Waals surface area contributed by atoms with Gasteiger partial charge >= 0.3 is 11.9 Å². The van der Waals surface area contributed by atoms with E-state index in [4.69, 9.17) is 10.2 Å². The van der Waals surface area contributed by atoms with Gasteiger partial charge in [-0.1, -0.05) is 30.3 Å². The van der Waals surface area contributed by atoms with Crippen molar-refractivity contribution in [3.63, 3.8) is 0 Å². The molecule has 0 amide bonds. The first-order valence-corrected chi connectivity index (χ1v) is 7.85. The van der Waals surface area contributed by atoms with Crippen LogP contribution < -0.4 is 0 Å². The Labute approximate surface area is 144 Å². The van der Waals surface area contributed by atoms with Crippen LogP contribution in [0.15, 0.2) is 42.5 Å². The van der Waals surface area contributed by atoms with Crippen LogP contribution in [0.5, 0.6) is 0 Å². The van der Waals surface area contributed by atoms with Crippen LogP contribution in [-0.4, -0.2) is 27.3 Å². The van der Waals surface area contributed by atoms with E-state index in [0.29, 0.717) is 22.3 Å².